The van der Waals surface area contributed by atoms with Gasteiger partial charge in [0.05, 0.1) is 35.2 Å². The second-order valence-corrected chi connectivity index (χ2v) is 13.6. The molecule has 3 atom stereocenters. The molecule has 48 heavy (non-hydrogen) atoms. The number of aliphatic hydroxyl groups is 1. The van der Waals surface area contributed by atoms with Gasteiger partial charge in [0.15, 0.2) is 17.3 Å². The normalized spacial score (nSPS) is 21.0. The van der Waals surface area contributed by atoms with E-state index < -0.39 is 17.9 Å². The molecular weight excluding hydrogens is 674 g/mol. The number of nitriles is 1. The Morgan fingerprint density at radius 2 is 1.94 bits per heavy atom. The molecule has 2 aromatic rings. The summed E-state index contributed by atoms with van der Waals surface area (Å²) in [5, 5.41) is 22.9. The molecule has 1 fully saturated rings. The van der Waals surface area contributed by atoms with Crippen molar-refractivity contribution >= 4 is 27.6 Å². The molecule has 11 heteroatoms. The third kappa shape index (κ3) is 7.78. The molecule has 0 saturated carbocycles. The lowest BCUT2D eigenvalue weighted by Crippen LogP contribution is -2.50. The first-order chi connectivity index (χ1) is 23.2. The predicted octanol–water partition coefficient (Wildman–Crippen LogP) is 5.08. The van der Waals surface area contributed by atoms with Crippen molar-refractivity contribution in [2.24, 2.45) is 11.7 Å². The molecule has 1 amide bonds. The van der Waals surface area contributed by atoms with Crippen molar-refractivity contribution in [3.63, 3.8) is 0 Å². The van der Waals surface area contributed by atoms with Gasteiger partial charge in [-0.1, -0.05) is 37.6 Å². The minimum atomic E-state index is -0.569. The molecule has 1 aliphatic carbocycles. The van der Waals surface area contributed by atoms with Crippen molar-refractivity contribution < 1.29 is 24.2 Å². The van der Waals surface area contributed by atoms with Crippen molar-refractivity contribution in [2.45, 2.75) is 65.0 Å². The van der Waals surface area contributed by atoms with Crippen LogP contribution in [0.1, 0.15) is 75.1 Å². The second kappa shape index (κ2) is 16.1. The molecule has 256 valence electrons. The molecule has 3 unspecified atom stereocenters. The van der Waals surface area contributed by atoms with Crippen LogP contribution in [0, 0.1) is 17.2 Å². The van der Waals surface area contributed by atoms with Gasteiger partial charge in [0, 0.05) is 56.1 Å². The summed E-state index contributed by atoms with van der Waals surface area (Å²) in [6.07, 6.45) is 3.29. The first-order valence-electron chi connectivity index (χ1n) is 16.9. The van der Waals surface area contributed by atoms with E-state index in [0.29, 0.717) is 65.7 Å². The zero-order chi connectivity index (χ0) is 34.4. The number of amides is 1. The van der Waals surface area contributed by atoms with Crippen LogP contribution in [0.15, 0.2) is 63.4 Å². The Kier molecular flexibility index (Phi) is 12.0. The summed E-state index contributed by atoms with van der Waals surface area (Å²) in [5.41, 5.74) is 11.2. The number of nitrogens with two attached hydrogens (primary N) is 1. The van der Waals surface area contributed by atoms with E-state index in [1.807, 2.05) is 50.2 Å². The van der Waals surface area contributed by atoms with E-state index >= 15 is 0 Å². The number of nitrogens with one attached hydrogen (secondary N) is 1. The van der Waals surface area contributed by atoms with Crippen LogP contribution in [0.25, 0.3) is 0 Å². The third-order valence-electron chi connectivity index (χ3n) is 9.50. The van der Waals surface area contributed by atoms with Crippen LogP contribution in [0.4, 0.5) is 0 Å². The van der Waals surface area contributed by atoms with Gasteiger partial charge in [-0.25, -0.2) is 0 Å². The van der Waals surface area contributed by atoms with Crippen LogP contribution < -0.4 is 20.5 Å². The van der Waals surface area contributed by atoms with Crippen molar-refractivity contribution in [1.82, 2.24) is 15.1 Å². The first-order valence-corrected chi connectivity index (χ1v) is 17.7. The average Bonchev–Trinajstić information content (AvgIpc) is 3.05. The number of ketones is 1. The lowest BCUT2D eigenvalue weighted by molar-refractivity contribution is -0.124. The van der Waals surface area contributed by atoms with Crippen LogP contribution in [0.5, 0.6) is 11.5 Å². The fourth-order valence-electron chi connectivity index (χ4n) is 7.32. The number of hydrogen-bond acceptors (Lipinski definition) is 9. The number of carbonyl (C=O) groups is 2. The molecule has 2 aromatic carbocycles. The number of β-amino-alcohol motifs (C(OH)–C–C–N with tert-alkyl or cyclic N) is 1. The summed E-state index contributed by atoms with van der Waals surface area (Å²) in [5.74, 6) is 0.498. The number of hydrogen-bond donors (Lipinski definition) is 3. The van der Waals surface area contributed by atoms with E-state index in [2.05, 4.69) is 44.0 Å². The molecule has 4 N–H and O–H groups in total. The number of allylic oxidation sites excluding steroid dienone is 4. The number of benzene rings is 2. The molecule has 1 saturated heterocycles. The summed E-state index contributed by atoms with van der Waals surface area (Å²) in [6, 6.07) is 13.3. The Balaban J connectivity index is 1.40. The number of Topliss-reactive ketones (excluding diaryl/α,β-unsaturated/α-hetero) is 1. The van der Waals surface area contributed by atoms with Gasteiger partial charge < -0.3 is 25.6 Å². The number of nitrogens with zero attached hydrogens (tertiary/aromatic N) is 3. The number of carbonyl (C=O) groups excluding carboxylic acids is 2. The van der Waals surface area contributed by atoms with Crippen LogP contribution in [0.3, 0.4) is 0 Å². The maximum absolute atomic E-state index is 13.6. The van der Waals surface area contributed by atoms with Crippen molar-refractivity contribution in [2.75, 3.05) is 45.9 Å². The van der Waals surface area contributed by atoms with Crippen LogP contribution in [0.2, 0.25) is 0 Å². The summed E-state index contributed by atoms with van der Waals surface area (Å²) < 4.78 is 13.1. The maximum Gasteiger partial charge on any atom is 0.239 e. The van der Waals surface area contributed by atoms with E-state index in [4.69, 9.17) is 15.2 Å². The van der Waals surface area contributed by atoms with Crippen LogP contribution >= 0.6 is 15.9 Å². The molecule has 0 aromatic heterocycles. The number of dihydropyridines is 1. The lowest BCUT2D eigenvalue weighted by atomic mass is 9.72. The Morgan fingerprint density at radius 1 is 1.17 bits per heavy atom. The SMILES string of the molecule is CCCC1CC(=O)C2=C(C1)NC(C)=C(C#N)C2c1cc(Br)c(OCc2cccc(C(C(N)=O)N3CCN(CCO)CC3)c2)c(OCC)c1. The van der Waals surface area contributed by atoms with Gasteiger partial charge in [0.1, 0.15) is 12.6 Å². The Labute approximate surface area is 291 Å². The highest BCUT2D eigenvalue weighted by Gasteiger charge is 2.39. The first kappa shape index (κ1) is 35.6. The van der Waals surface area contributed by atoms with Gasteiger partial charge in [-0.2, -0.15) is 5.26 Å². The third-order valence-corrected chi connectivity index (χ3v) is 10.1. The molecular formula is C37H46BrN5O5. The number of rotatable bonds is 13. The highest BCUT2D eigenvalue weighted by molar-refractivity contribution is 9.10. The standard InChI is InChI=1S/C37H46BrN5O5/c1-4-7-24-17-30-34(31(45)18-24)33(28(21-39)23(3)41-30)27-19-29(38)36(32(20-27)47-5-2)48-22-25-8-6-9-26(16-25)35(37(40)46)43-12-10-42(11-13-43)14-15-44/h6,8-9,16,19-20,24,33,35,41,44H,4-5,7,10-15,17-18,22H2,1-3H3,(H2,40,46). The van der Waals surface area contributed by atoms with E-state index in [0.717, 1.165) is 60.4 Å². The van der Waals surface area contributed by atoms with E-state index in [1.165, 1.54) is 0 Å². The molecule has 2 heterocycles. The van der Waals surface area contributed by atoms with Gasteiger partial charge >= 0.3 is 0 Å². The summed E-state index contributed by atoms with van der Waals surface area (Å²) in [7, 11) is 0. The fourth-order valence-corrected chi connectivity index (χ4v) is 7.90. The van der Waals surface area contributed by atoms with Gasteiger partial charge in [-0.05, 0) is 77.4 Å². The van der Waals surface area contributed by atoms with Gasteiger partial charge in [0.2, 0.25) is 5.91 Å². The van der Waals surface area contributed by atoms with Crippen molar-refractivity contribution in [3.05, 3.63) is 80.1 Å². The van der Waals surface area contributed by atoms with Gasteiger partial charge in [-0.15, -0.1) is 0 Å². The molecule has 0 spiro atoms. The van der Waals surface area contributed by atoms with Crippen molar-refractivity contribution in [3.8, 4) is 17.6 Å². The van der Waals surface area contributed by atoms with Gasteiger partial charge in [-0.3, -0.25) is 19.4 Å². The van der Waals surface area contributed by atoms with Crippen molar-refractivity contribution in [1.29, 1.82) is 5.26 Å². The molecule has 2 aliphatic heterocycles. The molecule has 3 aliphatic rings. The molecule has 10 nitrogen and oxygen atoms in total. The van der Waals surface area contributed by atoms with E-state index in [-0.39, 0.29) is 19.0 Å². The number of halogens is 1. The van der Waals surface area contributed by atoms with E-state index in [9.17, 15) is 20.0 Å². The molecule has 0 bridgehead atoms. The zero-order valence-electron chi connectivity index (χ0n) is 28.1. The topological polar surface area (TPSA) is 141 Å². The smallest absolute Gasteiger partial charge is 0.239 e. The summed E-state index contributed by atoms with van der Waals surface area (Å²) in [6.45, 7) is 10.1. The van der Waals surface area contributed by atoms with Crippen LogP contribution in [-0.4, -0.2) is 72.5 Å². The Bertz CT molecular complexity index is 1620. The quantitative estimate of drug-likeness (QED) is 0.259. The molecule has 0 radical (unpaired) electrons. The number of aliphatic hydroxyl groups excluding tert-OH is 1. The molecule has 5 rings (SSSR count). The Hall–Kier alpha value is -3.69. The lowest BCUT2D eigenvalue weighted by Gasteiger charge is -2.38. The minimum Gasteiger partial charge on any atom is -0.490 e. The Morgan fingerprint density at radius 3 is 2.60 bits per heavy atom. The summed E-state index contributed by atoms with van der Waals surface area (Å²) >= 11 is 3.72. The number of piperazine rings is 1. The predicted molar refractivity (Wildman–Crippen MR) is 187 cm³/mol. The average molecular weight is 721 g/mol. The second-order valence-electron chi connectivity index (χ2n) is 12.8. The summed E-state index contributed by atoms with van der Waals surface area (Å²) in [4.78, 5) is 30.5. The highest BCUT2D eigenvalue weighted by Crippen LogP contribution is 2.47. The largest absolute Gasteiger partial charge is 0.490 e. The fraction of sp³-hybridized carbons (Fsp3) is 0.486. The highest BCUT2D eigenvalue weighted by atomic mass is 79.9. The maximum atomic E-state index is 13.6. The minimum absolute atomic E-state index is 0.0862. The number of primary amides is 1. The zero-order valence-corrected chi connectivity index (χ0v) is 29.6. The van der Waals surface area contributed by atoms with E-state index in [1.54, 1.807) is 0 Å². The monoisotopic (exact) mass is 719 g/mol. The van der Waals surface area contributed by atoms with Gasteiger partial charge in [0.25, 0.3) is 0 Å². The van der Waals surface area contributed by atoms with Crippen LogP contribution in [-0.2, 0) is 16.2 Å². The number of ether oxygens (including phenoxy) is 2.